The van der Waals surface area contributed by atoms with Crippen LogP contribution < -0.4 is 10.6 Å². The van der Waals surface area contributed by atoms with Crippen molar-refractivity contribution in [1.29, 1.82) is 0 Å². The Bertz CT molecular complexity index is 349. The smallest absolute Gasteiger partial charge is 0.221 e. The van der Waals surface area contributed by atoms with Crippen molar-refractivity contribution in [1.82, 2.24) is 25.4 Å². The standard InChI is InChI=1S/C11H21N5O/c1-4-12-9(3)6-11(17)13-7-10-15-14-8-16(10)5-2/h8-9,12H,4-7H2,1-3H3,(H,13,17). The molecule has 96 valence electrons. The molecule has 1 aromatic heterocycles. The van der Waals surface area contributed by atoms with Crippen LogP contribution in [0.25, 0.3) is 0 Å². The maximum atomic E-state index is 11.6. The zero-order chi connectivity index (χ0) is 12.7. The third kappa shape index (κ3) is 4.52. The first-order valence-corrected chi connectivity index (χ1v) is 6.04. The van der Waals surface area contributed by atoms with Crippen LogP contribution in [0.5, 0.6) is 0 Å². The van der Waals surface area contributed by atoms with Crippen molar-refractivity contribution in [2.75, 3.05) is 6.54 Å². The molecule has 0 fully saturated rings. The summed E-state index contributed by atoms with van der Waals surface area (Å²) in [4.78, 5) is 11.6. The van der Waals surface area contributed by atoms with Gasteiger partial charge in [-0.1, -0.05) is 6.92 Å². The number of nitrogens with zero attached hydrogens (tertiary/aromatic N) is 3. The second-order valence-electron chi connectivity index (χ2n) is 3.97. The summed E-state index contributed by atoms with van der Waals surface area (Å²) < 4.78 is 1.91. The van der Waals surface area contributed by atoms with Crippen LogP contribution in [-0.2, 0) is 17.9 Å². The zero-order valence-electron chi connectivity index (χ0n) is 10.7. The first kappa shape index (κ1) is 13.6. The number of rotatable bonds is 7. The van der Waals surface area contributed by atoms with Crippen LogP contribution in [0.4, 0.5) is 0 Å². The lowest BCUT2D eigenvalue weighted by Gasteiger charge is -2.12. The molecule has 0 saturated heterocycles. The molecule has 2 N–H and O–H groups in total. The molecule has 0 aliphatic carbocycles. The molecule has 0 saturated carbocycles. The summed E-state index contributed by atoms with van der Waals surface area (Å²) >= 11 is 0. The summed E-state index contributed by atoms with van der Waals surface area (Å²) in [5, 5.41) is 13.8. The molecule has 1 heterocycles. The second kappa shape index (κ2) is 7.01. The molecule has 1 amide bonds. The van der Waals surface area contributed by atoms with Crippen molar-refractivity contribution < 1.29 is 4.79 Å². The molecule has 1 unspecified atom stereocenters. The molecule has 0 aliphatic rings. The van der Waals surface area contributed by atoms with Gasteiger partial charge in [0.2, 0.25) is 5.91 Å². The second-order valence-corrected chi connectivity index (χ2v) is 3.97. The van der Waals surface area contributed by atoms with E-state index in [0.29, 0.717) is 13.0 Å². The quantitative estimate of drug-likeness (QED) is 0.718. The van der Waals surface area contributed by atoms with E-state index in [0.717, 1.165) is 18.9 Å². The minimum absolute atomic E-state index is 0.0316. The monoisotopic (exact) mass is 239 g/mol. The van der Waals surface area contributed by atoms with Crippen LogP contribution in [0.1, 0.15) is 33.0 Å². The highest BCUT2D eigenvalue weighted by atomic mass is 16.1. The zero-order valence-corrected chi connectivity index (χ0v) is 10.7. The number of aromatic nitrogens is 3. The van der Waals surface area contributed by atoms with E-state index >= 15 is 0 Å². The Labute approximate surface area is 102 Å². The number of hydrogen-bond acceptors (Lipinski definition) is 4. The molecule has 0 radical (unpaired) electrons. The SMILES string of the molecule is CCNC(C)CC(=O)NCc1nncn1CC. The number of carbonyl (C=O) groups is 1. The highest BCUT2D eigenvalue weighted by Gasteiger charge is 2.09. The molecular weight excluding hydrogens is 218 g/mol. The number of carbonyl (C=O) groups excluding carboxylic acids is 1. The first-order chi connectivity index (χ1) is 8.17. The van der Waals surface area contributed by atoms with Crippen molar-refractivity contribution in [3.05, 3.63) is 12.2 Å². The van der Waals surface area contributed by atoms with Gasteiger partial charge in [0.05, 0.1) is 6.54 Å². The summed E-state index contributed by atoms with van der Waals surface area (Å²) in [6.07, 6.45) is 2.15. The van der Waals surface area contributed by atoms with Crippen molar-refractivity contribution in [3.63, 3.8) is 0 Å². The van der Waals surface area contributed by atoms with Gasteiger partial charge in [0.15, 0.2) is 5.82 Å². The Kier molecular flexibility index (Phi) is 5.62. The number of amides is 1. The van der Waals surface area contributed by atoms with Crippen LogP contribution in [0.3, 0.4) is 0 Å². The van der Waals surface area contributed by atoms with Crippen molar-refractivity contribution in [3.8, 4) is 0 Å². The fourth-order valence-electron chi connectivity index (χ4n) is 1.63. The van der Waals surface area contributed by atoms with Gasteiger partial charge in [0.1, 0.15) is 6.33 Å². The lowest BCUT2D eigenvalue weighted by molar-refractivity contribution is -0.121. The van der Waals surface area contributed by atoms with E-state index in [-0.39, 0.29) is 11.9 Å². The number of nitrogens with one attached hydrogen (secondary N) is 2. The molecule has 1 aromatic rings. The predicted molar refractivity (Wildman–Crippen MR) is 65.3 cm³/mol. The summed E-state index contributed by atoms with van der Waals surface area (Å²) in [6, 6.07) is 0.198. The average Bonchev–Trinajstić information content (AvgIpc) is 2.73. The van der Waals surface area contributed by atoms with Gasteiger partial charge < -0.3 is 15.2 Å². The summed E-state index contributed by atoms with van der Waals surface area (Å²) in [7, 11) is 0. The fraction of sp³-hybridized carbons (Fsp3) is 0.727. The maximum absolute atomic E-state index is 11.6. The van der Waals surface area contributed by atoms with E-state index in [1.807, 2.05) is 25.3 Å². The number of hydrogen-bond donors (Lipinski definition) is 2. The molecule has 17 heavy (non-hydrogen) atoms. The minimum atomic E-state index is 0.0316. The predicted octanol–water partition coefficient (Wildman–Crippen LogP) is 0.302. The summed E-state index contributed by atoms with van der Waals surface area (Å²) in [6.45, 7) is 8.16. The molecular formula is C11H21N5O. The van der Waals surface area contributed by atoms with Crippen LogP contribution in [0.2, 0.25) is 0 Å². The van der Waals surface area contributed by atoms with Gasteiger partial charge in [0, 0.05) is 19.0 Å². The maximum Gasteiger partial charge on any atom is 0.221 e. The Morgan fingerprint density at radius 3 is 2.94 bits per heavy atom. The fourth-order valence-corrected chi connectivity index (χ4v) is 1.63. The van der Waals surface area contributed by atoms with Gasteiger partial charge in [-0.3, -0.25) is 4.79 Å². The molecule has 0 spiro atoms. The summed E-state index contributed by atoms with van der Waals surface area (Å²) in [5.41, 5.74) is 0. The third-order valence-corrected chi connectivity index (χ3v) is 2.52. The Morgan fingerprint density at radius 2 is 2.29 bits per heavy atom. The average molecular weight is 239 g/mol. The van der Waals surface area contributed by atoms with Gasteiger partial charge >= 0.3 is 0 Å². The Morgan fingerprint density at radius 1 is 1.53 bits per heavy atom. The Balaban J connectivity index is 2.33. The summed E-state index contributed by atoms with van der Waals surface area (Å²) in [5.74, 6) is 0.820. The van der Waals surface area contributed by atoms with Crippen LogP contribution in [0, 0.1) is 0 Å². The van der Waals surface area contributed by atoms with Crippen molar-refractivity contribution >= 4 is 5.91 Å². The minimum Gasteiger partial charge on any atom is -0.349 e. The molecule has 1 rings (SSSR count). The van der Waals surface area contributed by atoms with E-state index in [1.54, 1.807) is 6.33 Å². The van der Waals surface area contributed by atoms with Crippen molar-refractivity contribution in [2.45, 2.75) is 46.3 Å². The molecule has 0 bridgehead atoms. The highest BCUT2D eigenvalue weighted by Crippen LogP contribution is 1.95. The van der Waals surface area contributed by atoms with Crippen LogP contribution >= 0.6 is 0 Å². The van der Waals surface area contributed by atoms with E-state index in [4.69, 9.17) is 0 Å². The third-order valence-electron chi connectivity index (χ3n) is 2.52. The topological polar surface area (TPSA) is 71.8 Å². The van der Waals surface area contributed by atoms with Gasteiger partial charge in [0.25, 0.3) is 0 Å². The molecule has 0 aromatic carbocycles. The molecule has 6 nitrogen and oxygen atoms in total. The highest BCUT2D eigenvalue weighted by molar-refractivity contribution is 5.76. The van der Waals surface area contributed by atoms with Crippen LogP contribution in [-0.4, -0.2) is 33.3 Å². The lowest BCUT2D eigenvalue weighted by Crippen LogP contribution is -2.33. The van der Waals surface area contributed by atoms with Gasteiger partial charge in [-0.2, -0.15) is 0 Å². The van der Waals surface area contributed by atoms with E-state index < -0.39 is 0 Å². The van der Waals surface area contributed by atoms with Gasteiger partial charge in [-0.05, 0) is 20.4 Å². The Hall–Kier alpha value is -1.43. The van der Waals surface area contributed by atoms with Gasteiger partial charge in [-0.25, -0.2) is 0 Å². The molecule has 6 heteroatoms. The normalized spacial score (nSPS) is 12.4. The first-order valence-electron chi connectivity index (χ1n) is 6.04. The largest absolute Gasteiger partial charge is 0.349 e. The van der Waals surface area contributed by atoms with E-state index in [2.05, 4.69) is 20.8 Å². The number of aryl methyl sites for hydroxylation is 1. The lowest BCUT2D eigenvalue weighted by atomic mass is 10.2. The molecule has 0 aliphatic heterocycles. The van der Waals surface area contributed by atoms with Crippen LogP contribution in [0.15, 0.2) is 6.33 Å². The van der Waals surface area contributed by atoms with Gasteiger partial charge in [-0.15, -0.1) is 10.2 Å². The van der Waals surface area contributed by atoms with E-state index in [9.17, 15) is 4.79 Å². The molecule has 1 atom stereocenters. The van der Waals surface area contributed by atoms with E-state index in [1.165, 1.54) is 0 Å². The van der Waals surface area contributed by atoms with Crippen molar-refractivity contribution in [2.24, 2.45) is 0 Å².